The van der Waals surface area contributed by atoms with Crippen molar-refractivity contribution in [1.29, 1.82) is 0 Å². The van der Waals surface area contributed by atoms with Crippen LogP contribution in [0.1, 0.15) is 12.0 Å². The maximum atomic E-state index is 13.5. The number of hydrogen-bond donors (Lipinski definition) is 1. The van der Waals surface area contributed by atoms with Crippen LogP contribution in [0.5, 0.6) is 0 Å². The molecule has 0 spiro atoms. The van der Waals surface area contributed by atoms with Crippen LogP contribution in [-0.4, -0.2) is 37.0 Å². The van der Waals surface area contributed by atoms with Crippen molar-refractivity contribution < 1.29 is 17.9 Å². The van der Waals surface area contributed by atoms with E-state index in [0.29, 0.717) is 25.1 Å². The first-order chi connectivity index (χ1) is 8.89. The third kappa shape index (κ3) is 1.98. The predicted octanol–water partition coefficient (Wildman–Crippen LogP) is 1.14. The molecule has 1 aromatic carbocycles. The van der Waals surface area contributed by atoms with Gasteiger partial charge in [-0.25, -0.2) is 12.8 Å². The Kier molecular flexibility index (Phi) is 2.92. The molecule has 1 aromatic rings. The van der Waals surface area contributed by atoms with Crippen LogP contribution < -0.4 is 0 Å². The Labute approximate surface area is 111 Å². The number of fused-ring (bicyclic) bond motifs is 1. The molecule has 0 amide bonds. The molecule has 2 fully saturated rings. The smallest absolute Gasteiger partial charge is 0.243 e. The lowest BCUT2D eigenvalue weighted by Gasteiger charge is -2.34. The van der Waals surface area contributed by atoms with Gasteiger partial charge in [0.15, 0.2) is 0 Å². The number of aliphatic hydroxyl groups is 1. The molecule has 1 N–H and O–H groups in total. The Morgan fingerprint density at radius 3 is 2.68 bits per heavy atom. The number of sulfonamides is 1. The van der Waals surface area contributed by atoms with Crippen molar-refractivity contribution >= 4 is 10.0 Å². The fourth-order valence-electron chi connectivity index (χ4n) is 2.91. The third-order valence-electron chi connectivity index (χ3n) is 4.28. The first kappa shape index (κ1) is 13.0. The lowest BCUT2D eigenvalue weighted by molar-refractivity contribution is -0.00416. The van der Waals surface area contributed by atoms with Crippen LogP contribution in [0.2, 0.25) is 0 Å². The lowest BCUT2D eigenvalue weighted by atomic mass is 9.74. The highest BCUT2D eigenvalue weighted by Gasteiger charge is 2.49. The maximum Gasteiger partial charge on any atom is 0.243 e. The summed E-state index contributed by atoms with van der Waals surface area (Å²) < 4.78 is 39.7. The SMILES string of the molecule is Cc1ccc(S(=O)(=O)N2C[C@H]3C[C@@H](O)[C@H]3C2)cc1F. The molecule has 19 heavy (non-hydrogen) atoms. The van der Waals surface area contributed by atoms with Gasteiger partial charge in [0.2, 0.25) is 10.0 Å². The minimum absolute atomic E-state index is 0.00797. The largest absolute Gasteiger partial charge is 0.393 e. The van der Waals surface area contributed by atoms with E-state index in [1.807, 2.05) is 0 Å². The Hall–Kier alpha value is -0.980. The summed E-state index contributed by atoms with van der Waals surface area (Å²) in [6, 6.07) is 3.98. The molecule has 0 bridgehead atoms. The molecule has 1 saturated heterocycles. The van der Waals surface area contributed by atoms with Crippen molar-refractivity contribution in [2.45, 2.75) is 24.3 Å². The highest BCUT2D eigenvalue weighted by Crippen LogP contribution is 2.42. The molecule has 1 aliphatic carbocycles. The summed E-state index contributed by atoms with van der Waals surface area (Å²) >= 11 is 0. The molecule has 1 saturated carbocycles. The minimum Gasteiger partial charge on any atom is -0.393 e. The number of aryl methyl sites for hydroxylation is 1. The van der Waals surface area contributed by atoms with E-state index < -0.39 is 15.8 Å². The average Bonchev–Trinajstić information content (AvgIpc) is 2.70. The number of rotatable bonds is 2. The summed E-state index contributed by atoms with van der Waals surface area (Å²) in [5, 5.41) is 9.57. The van der Waals surface area contributed by atoms with E-state index in [2.05, 4.69) is 0 Å². The van der Waals surface area contributed by atoms with Crippen molar-refractivity contribution in [3.8, 4) is 0 Å². The molecule has 2 aliphatic rings. The summed E-state index contributed by atoms with van der Waals surface area (Å²) in [6.07, 6.45) is 0.277. The van der Waals surface area contributed by atoms with Crippen molar-refractivity contribution in [2.75, 3.05) is 13.1 Å². The third-order valence-corrected chi connectivity index (χ3v) is 6.11. The van der Waals surface area contributed by atoms with Gasteiger partial charge in [0.05, 0.1) is 11.0 Å². The van der Waals surface area contributed by atoms with Crippen LogP contribution in [0.4, 0.5) is 4.39 Å². The highest BCUT2D eigenvalue weighted by molar-refractivity contribution is 7.89. The molecule has 104 valence electrons. The Balaban J connectivity index is 1.89. The van der Waals surface area contributed by atoms with Crippen LogP contribution in [0.25, 0.3) is 0 Å². The summed E-state index contributed by atoms with van der Waals surface area (Å²) in [6.45, 7) is 2.36. The molecule has 0 radical (unpaired) electrons. The molecule has 3 atom stereocenters. The van der Waals surface area contributed by atoms with Crippen LogP contribution in [0.15, 0.2) is 23.1 Å². The van der Waals surface area contributed by atoms with Crippen molar-refractivity contribution in [2.24, 2.45) is 11.8 Å². The minimum atomic E-state index is -3.64. The van der Waals surface area contributed by atoms with Crippen LogP contribution in [-0.2, 0) is 10.0 Å². The Morgan fingerprint density at radius 1 is 1.37 bits per heavy atom. The predicted molar refractivity (Wildman–Crippen MR) is 67.5 cm³/mol. The Morgan fingerprint density at radius 2 is 2.11 bits per heavy atom. The lowest BCUT2D eigenvalue weighted by Crippen LogP contribution is -2.39. The van der Waals surface area contributed by atoms with E-state index >= 15 is 0 Å². The molecule has 6 heteroatoms. The van der Waals surface area contributed by atoms with E-state index in [0.717, 1.165) is 6.07 Å². The summed E-state index contributed by atoms with van der Waals surface area (Å²) in [5.74, 6) is -0.214. The standard InChI is InChI=1S/C13H16FNO3S/c1-8-2-3-10(5-12(8)14)19(17,18)15-6-9-4-13(16)11(9)7-15/h2-3,5,9,11,13,16H,4,6-7H2,1H3/t9-,11+,13-/m1/s1. The number of benzene rings is 1. The number of hydrogen-bond acceptors (Lipinski definition) is 3. The number of aliphatic hydroxyl groups excluding tert-OH is 1. The van der Waals surface area contributed by atoms with Gasteiger partial charge in [0, 0.05) is 19.0 Å². The fraction of sp³-hybridized carbons (Fsp3) is 0.538. The normalized spacial score (nSPS) is 31.0. The highest BCUT2D eigenvalue weighted by atomic mass is 32.2. The van der Waals surface area contributed by atoms with E-state index in [-0.39, 0.29) is 22.8 Å². The maximum absolute atomic E-state index is 13.5. The van der Waals surface area contributed by atoms with Crippen molar-refractivity contribution in [1.82, 2.24) is 4.31 Å². The fourth-order valence-corrected chi connectivity index (χ4v) is 4.46. The van der Waals surface area contributed by atoms with Gasteiger partial charge in [-0.3, -0.25) is 0 Å². The number of nitrogens with zero attached hydrogens (tertiary/aromatic N) is 1. The summed E-state index contributed by atoms with van der Waals surface area (Å²) in [4.78, 5) is -0.00797. The van der Waals surface area contributed by atoms with Crippen LogP contribution in [0.3, 0.4) is 0 Å². The monoisotopic (exact) mass is 285 g/mol. The second-order valence-electron chi connectivity index (χ2n) is 5.46. The zero-order valence-electron chi connectivity index (χ0n) is 10.6. The Bertz CT molecular complexity index is 616. The van der Waals surface area contributed by atoms with E-state index in [9.17, 15) is 17.9 Å². The molecule has 1 heterocycles. The molecular weight excluding hydrogens is 269 g/mol. The van der Waals surface area contributed by atoms with Gasteiger partial charge in [-0.05, 0) is 37.0 Å². The zero-order chi connectivity index (χ0) is 13.8. The van der Waals surface area contributed by atoms with E-state index in [1.165, 1.54) is 16.4 Å². The first-order valence-corrected chi connectivity index (χ1v) is 7.78. The molecule has 0 aromatic heterocycles. The van der Waals surface area contributed by atoms with Gasteiger partial charge in [-0.2, -0.15) is 4.31 Å². The topological polar surface area (TPSA) is 57.6 Å². The molecule has 0 unspecified atom stereocenters. The van der Waals surface area contributed by atoms with E-state index in [4.69, 9.17) is 0 Å². The van der Waals surface area contributed by atoms with Gasteiger partial charge in [-0.1, -0.05) is 6.07 Å². The second kappa shape index (κ2) is 4.26. The summed E-state index contributed by atoms with van der Waals surface area (Å²) in [7, 11) is -3.64. The zero-order valence-corrected chi connectivity index (χ0v) is 11.4. The van der Waals surface area contributed by atoms with E-state index in [1.54, 1.807) is 6.92 Å². The van der Waals surface area contributed by atoms with Gasteiger partial charge in [0.25, 0.3) is 0 Å². The molecular formula is C13H16FNO3S. The van der Waals surface area contributed by atoms with Gasteiger partial charge in [-0.15, -0.1) is 0 Å². The van der Waals surface area contributed by atoms with Gasteiger partial charge >= 0.3 is 0 Å². The molecule has 3 rings (SSSR count). The van der Waals surface area contributed by atoms with Crippen molar-refractivity contribution in [3.63, 3.8) is 0 Å². The van der Waals surface area contributed by atoms with Crippen LogP contribution in [0, 0.1) is 24.6 Å². The van der Waals surface area contributed by atoms with Crippen molar-refractivity contribution in [3.05, 3.63) is 29.6 Å². The molecule has 1 aliphatic heterocycles. The first-order valence-electron chi connectivity index (χ1n) is 6.34. The van der Waals surface area contributed by atoms with Gasteiger partial charge < -0.3 is 5.11 Å². The quantitative estimate of drug-likeness (QED) is 0.886. The average molecular weight is 285 g/mol. The van der Waals surface area contributed by atoms with Gasteiger partial charge in [0.1, 0.15) is 5.82 Å². The molecule has 4 nitrogen and oxygen atoms in total. The second-order valence-corrected chi connectivity index (χ2v) is 7.40. The summed E-state index contributed by atoms with van der Waals surface area (Å²) in [5.41, 5.74) is 0.427. The number of halogens is 1. The van der Waals surface area contributed by atoms with Crippen LogP contribution >= 0.6 is 0 Å².